The van der Waals surface area contributed by atoms with Gasteiger partial charge < -0.3 is 14.5 Å². The zero-order valence-corrected chi connectivity index (χ0v) is 14.3. The molecule has 6 nitrogen and oxygen atoms in total. The highest BCUT2D eigenvalue weighted by atomic mass is 16.6. The monoisotopic (exact) mass is 350 g/mol. The maximum Gasteiger partial charge on any atom is 0.337 e. The number of esters is 1. The summed E-state index contributed by atoms with van der Waals surface area (Å²) < 4.78 is 4.75. The van der Waals surface area contributed by atoms with E-state index in [0.29, 0.717) is 24.9 Å². The minimum absolute atomic E-state index is 0.107. The van der Waals surface area contributed by atoms with E-state index in [9.17, 15) is 9.59 Å². The van der Waals surface area contributed by atoms with Crippen LogP contribution in [-0.4, -0.2) is 37.3 Å². The van der Waals surface area contributed by atoms with Gasteiger partial charge in [-0.05, 0) is 35.7 Å². The van der Waals surface area contributed by atoms with Crippen LogP contribution in [0.25, 0.3) is 0 Å². The molecule has 2 aliphatic rings. The molecule has 1 atom stereocenters. The Bertz CT molecular complexity index is 892. The Kier molecular flexibility index (Phi) is 4.16. The van der Waals surface area contributed by atoms with Crippen molar-refractivity contribution in [2.24, 2.45) is 5.16 Å². The van der Waals surface area contributed by atoms with Gasteiger partial charge in [-0.3, -0.25) is 4.79 Å². The fourth-order valence-corrected chi connectivity index (χ4v) is 3.36. The zero-order valence-electron chi connectivity index (χ0n) is 14.3. The van der Waals surface area contributed by atoms with Crippen molar-refractivity contribution < 1.29 is 19.2 Å². The minimum Gasteiger partial charge on any atom is -0.465 e. The number of anilines is 1. The standard InChI is InChI=1S/C20H18N2O4/c1-25-20(24)15-7-8-17-14(11-15)9-10-22(17)19(23)18-12-16(21-26-18)13-5-3-2-4-6-13/h2-8,11,18H,9-10,12H2,1H3. The number of fused-ring (bicyclic) bond motifs is 1. The molecule has 2 aromatic carbocycles. The van der Waals surface area contributed by atoms with E-state index < -0.39 is 6.10 Å². The van der Waals surface area contributed by atoms with E-state index in [-0.39, 0.29) is 11.9 Å². The van der Waals surface area contributed by atoms with Gasteiger partial charge in [0.2, 0.25) is 6.10 Å². The molecule has 0 fully saturated rings. The van der Waals surface area contributed by atoms with Crippen molar-refractivity contribution in [3.63, 3.8) is 0 Å². The van der Waals surface area contributed by atoms with Gasteiger partial charge >= 0.3 is 5.97 Å². The first-order chi connectivity index (χ1) is 12.7. The summed E-state index contributed by atoms with van der Waals surface area (Å²) in [6.07, 6.45) is 0.538. The third-order valence-electron chi connectivity index (χ3n) is 4.71. The third-order valence-corrected chi connectivity index (χ3v) is 4.71. The molecule has 6 heteroatoms. The maximum absolute atomic E-state index is 12.9. The van der Waals surface area contributed by atoms with Gasteiger partial charge in [-0.2, -0.15) is 0 Å². The van der Waals surface area contributed by atoms with Gasteiger partial charge in [-0.25, -0.2) is 4.79 Å². The van der Waals surface area contributed by atoms with E-state index in [2.05, 4.69) is 5.16 Å². The van der Waals surface area contributed by atoms with Gasteiger partial charge in [0, 0.05) is 18.7 Å². The molecule has 0 saturated heterocycles. The van der Waals surface area contributed by atoms with Gasteiger partial charge in [0.1, 0.15) is 0 Å². The summed E-state index contributed by atoms with van der Waals surface area (Å²) in [6, 6.07) is 15.0. The van der Waals surface area contributed by atoms with E-state index in [1.165, 1.54) is 7.11 Å². The summed E-state index contributed by atoms with van der Waals surface area (Å²) in [5.41, 5.74) is 4.02. The first kappa shape index (κ1) is 16.3. The Balaban J connectivity index is 1.49. The lowest BCUT2D eigenvalue weighted by Gasteiger charge is -2.20. The van der Waals surface area contributed by atoms with E-state index in [4.69, 9.17) is 9.57 Å². The molecule has 0 radical (unpaired) electrons. The van der Waals surface area contributed by atoms with Gasteiger partial charge in [0.15, 0.2) is 0 Å². The fraction of sp³-hybridized carbons (Fsp3) is 0.250. The predicted molar refractivity (Wildman–Crippen MR) is 96.3 cm³/mol. The first-order valence-corrected chi connectivity index (χ1v) is 8.48. The lowest BCUT2D eigenvalue weighted by molar-refractivity contribution is -0.128. The molecular formula is C20H18N2O4. The highest BCUT2D eigenvalue weighted by Crippen LogP contribution is 2.31. The second kappa shape index (κ2) is 6.63. The van der Waals surface area contributed by atoms with Gasteiger partial charge in [-0.1, -0.05) is 35.5 Å². The average molecular weight is 350 g/mol. The van der Waals surface area contributed by atoms with Crippen LogP contribution >= 0.6 is 0 Å². The van der Waals surface area contributed by atoms with E-state index in [1.807, 2.05) is 30.3 Å². The molecule has 0 aliphatic carbocycles. The quantitative estimate of drug-likeness (QED) is 0.798. The number of carbonyl (C=O) groups is 2. The molecule has 2 heterocycles. The van der Waals surface area contributed by atoms with Crippen LogP contribution in [0.1, 0.15) is 27.9 Å². The number of nitrogens with zero attached hydrogens (tertiary/aromatic N) is 2. The SMILES string of the molecule is COC(=O)c1ccc2c(c1)CCN2C(=O)C1CC(c2ccccc2)=NO1. The molecule has 0 aromatic heterocycles. The maximum atomic E-state index is 12.9. The average Bonchev–Trinajstić information content (AvgIpc) is 3.34. The zero-order chi connectivity index (χ0) is 18.1. The molecule has 26 heavy (non-hydrogen) atoms. The van der Waals surface area contributed by atoms with Crippen molar-refractivity contribution in [2.45, 2.75) is 18.9 Å². The summed E-state index contributed by atoms with van der Waals surface area (Å²) in [5, 5.41) is 4.09. The summed E-state index contributed by atoms with van der Waals surface area (Å²) in [5.74, 6) is -0.484. The Morgan fingerprint density at radius 2 is 2.00 bits per heavy atom. The molecule has 0 saturated carbocycles. The van der Waals surface area contributed by atoms with Crippen LogP contribution in [0.3, 0.4) is 0 Å². The minimum atomic E-state index is -0.614. The number of benzene rings is 2. The number of hydrogen-bond acceptors (Lipinski definition) is 5. The highest BCUT2D eigenvalue weighted by Gasteiger charge is 2.35. The number of methoxy groups -OCH3 is 1. The number of carbonyl (C=O) groups excluding carboxylic acids is 2. The highest BCUT2D eigenvalue weighted by molar-refractivity contribution is 6.07. The Labute approximate surface area is 151 Å². The normalized spacial score (nSPS) is 18.1. The summed E-state index contributed by atoms with van der Waals surface area (Å²) in [7, 11) is 1.35. The van der Waals surface area contributed by atoms with Crippen molar-refractivity contribution in [3.8, 4) is 0 Å². The van der Waals surface area contributed by atoms with Crippen molar-refractivity contribution in [1.29, 1.82) is 0 Å². The van der Waals surface area contributed by atoms with Crippen molar-refractivity contribution in [3.05, 3.63) is 65.2 Å². The molecule has 1 unspecified atom stereocenters. The molecule has 2 aliphatic heterocycles. The van der Waals surface area contributed by atoms with Gasteiger partial charge in [-0.15, -0.1) is 0 Å². The lowest BCUT2D eigenvalue weighted by atomic mass is 10.0. The fourth-order valence-electron chi connectivity index (χ4n) is 3.36. The molecule has 1 amide bonds. The summed E-state index contributed by atoms with van der Waals surface area (Å²) in [4.78, 5) is 31.7. The molecule has 4 rings (SSSR count). The van der Waals surface area contributed by atoms with Crippen molar-refractivity contribution in [1.82, 2.24) is 0 Å². The number of oxime groups is 1. The molecule has 0 spiro atoms. The number of rotatable bonds is 3. The molecule has 0 N–H and O–H groups in total. The van der Waals surface area contributed by atoms with Gasteiger partial charge in [0.25, 0.3) is 5.91 Å². The summed E-state index contributed by atoms with van der Waals surface area (Å²) >= 11 is 0. The number of amides is 1. The van der Waals surface area contributed by atoms with Crippen LogP contribution < -0.4 is 4.90 Å². The van der Waals surface area contributed by atoms with E-state index in [1.54, 1.807) is 23.1 Å². The van der Waals surface area contributed by atoms with Crippen LogP contribution in [-0.2, 0) is 20.8 Å². The van der Waals surface area contributed by atoms with Gasteiger partial charge in [0.05, 0.1) is 18.4 Å². The lowest BCUT2D eigenvalue weighted by Crippen LogP contribution is -2.38. The van der Waals surface area contributed by atoms with Crippen LogP contribution in [0.2, 0.25) is 0 Å². The Hall–Kier alpha value is -3.15. The molecule has 0 bridgehead atoms. The number of hydrogen-bond donors (Lipinski definition) is 0. The third kappa shape index (κ3) is 2.83. The Morgan fingerprint density at radius 3 is 2.77 bits per heavy atom. The van der Waals surface area contributed by atoms with Crippen molar-refractivity contribution >= 4 is 23.3 Å². The second-order valence-corrected chi connectivity index (χ2v) is 6.28. The van der Waals surface area contributed by atoms with Crippen molar-refractivity contribution in [2.75, 3.05) is 18.6 Å². The van der Waals surface area contributed by atoms with Crippen LogP contribution in [0.15, 0.2) is 53.7 Å². The molecular weight excluding hydrogens is 332 g/mol. The second-order valence-electron chi connectivity index (χ2n) is 6.28. The summed E-state index contributed by atoms with van der Waals surface area (Å²) in [6.45, 7) is 0.569. The van der Waals surface area contributed by atoms with Crippen LogP contribution in [0.5, 0.6) is 0 Å². The smallest absolute Gasteiger partial charge is 0.337 e. The number of ether oxygens (including phenoxy) is 1. The van der Waals surface area contributed by atoms with Crippen LogP contribution in [0, 0.1) is 0 Å². The predicted octanol–water partition coefficient (Wildman–Crippen LogP) is 2.56. The van der Waals surface area contributed by atoms with Crippen LogP contribution in [0.4, 0.5) is 5.69 Å². The first-order valence-electron chi connectivity index (χ1n) is 8.48. The Morgan fingerprint density at radius 1 is 1.19 bits per heavy atom. The largest absolute Gasteiger partial charge is 0.465 e. The topological polar surface area (TPSA) is 68.2 Å². The van der Waals surface area contributed by atoms with E-state index in [0.717, 1.165) is 22.5 Å². The van der Waals surface area contributed by atoms with E-state index >= 15 is 0 Å². The molecule has 2 aromatic rings. The molecule has 132 valence electrons.